The Morgan fingerprint density at radius 1 is 1.06 bits per heavy atom. The van der Waals surface area contributed by atoms with Crippen molar-refractivity contribution in [2.45, 2.75) is 12.2 Å². The van der Waals surface area contributed by atoms with Gasteiger partial charge in [0.1, 0.15) is 6.61 Å². The third-order valence-corrected chi connectivity index (χ3v) is 7.21. The van der Waals surface area contributed by atoms with Crippen molar-refractivity contribution < 1.29 is 43.7 Å². The molecule has 1 rings (SSSR count). The number of hydrogen-bond donors (Lipinski definition) is 6. The molecule has 0 bridgehead atoms. The smallest absolute Gasteiger partial charge is 0.255 e. The molecular formula is C18H24I3N3O8. The molecule has 14 heteroatoms. The van der Waals surface area contributed by atoms with Crippen molar-refractivity contribution in [3.05, 3.63) is 21.8 Å². The van der Waals surface area contributed by atoms with E-state index in [4.69, 9.17) is 14.3 Å². The molecule has 0 saturated heterocycles. The zero-order valence-corrected chi connectivity index (χ0v) is 23.2. The van der Waals surface area contributed by atoms with Crippen molar-refractivity contribution in [3.63, 3.8) is 0 Å². The van der Waals surface area contributed by atoms with Crippen LogP contribution in [-0.2, 0) is 9.53 Å². The van der Waals surface area contributed by atoms with Gasteiger partial charge < -0.3 is 40.7 Å². The summed E-state index contributed by atoms with van der Waals surface area (Å²) in [5.74, 6) is -2.17. The van der Waals surface area contributed by atoms with Crippen LogP contribution in [-0.4, -0.2) is 102 Å². The molecule has 0 spiro atoms. The Hall–Kier alpha value is -0.380. The molecule has 0 heterocycles. The van der Waals surface area contributed by atoms with Gasteiger partial charge in [0.15, 0.2) is 0 Å². The van der Waals surface area contributed by atoms with Gasteiger partial charge in [-0.3, -0.25) is 14.4 Å². The summed E-state index contributed by atoms with van der Waals surface area (Å²) in [6, 6.07) is 0. The Labute approximate surface area is 229 Å². The predicted molar refractivity (Wildman–Crippen MR) is 141 cm³/mol. The number of nitrogens with one attached hydrogen (secondary N) is 2. The summed E-state index contributed by atoms with van der Waals surface area (Å²) in [4.78, 5) is 39.7. The number of aliphatic hydroxyl groups excluding tert-OH is 4. The highest BCUT2D eigenvalue weighted by Crippen LogP contribution is 2.36. The number of rotatable bonds is 11. The molecule has 180 valence electrons. The number of carbonyl (C=O) groups is 3. The summed E-state index contributed by atoms with van der Waals surface area (Å²) in [5, 5.41) is 42.3. The number of carbonyl (C=O) groups excluding carboxylic acids is 3. The van der Waals surface area contributed by atoms with Gasteiger partial charge in [0.05, 0.1) is 53.5 Å². The first-order valence-corrected chi connectivity index (χ1v) is 12.1. The van der Waals surface area contributed by atoms with Crippen LogP contribution in [0.1, 0.15) is 24.8 Å². The molecule has 1 aromatic carbocycles. The number of nitrogens with zero attached hydrogens (tertiary/aromatic N) is 1. The third-order valence-electron chi connectivity index (χ3n) is 3.98. The van der Waals surface area contributed by atoms with Crippen LogP contribution in [0.5, 0.6) is 0 Å². The molecular weight excluding hydrogens is 767 g/mol. The lowest BCUT2D eigenvalue weighted by Gasteiger charge is -2.24. The maximum Gasteiger partial charge on any atom is 0.255 e. The zero-order valence-electron chi connectivity index (χ0n) is 19.7. The molecule has 11 nitrogen and oxygen atoms in total. The number of halogens is 3. The first kappa shape index (κ1) is 24.7. The Balaban J connectivity index is 3.55. The van der Waals surface area contributed by atoms with Gasteiger partial charge in [-0.15, -0.1) is 0 Å². The fourth-order valence-corrected chi connectivity index (χ4v) is 6.80. The van der Waals surface area contributed by atoms with Gasteiger partial charge in [0.2, 0.25) is 5.91 Å². The van der Waals surface area contributed by atoms with Crippen molar-refractivity contribution in [2.24, 2.45) is 0 Å². The van der Waals surface area contributed by atoms with E-state index >= 15 is 0 Å². The Morgan fingerprint density at radius 2 is 1.66 bits per heavy atom. The van der Waals surface area contributed by atoms with E-state index in [0.717, 1.165) is 4.90 Å². The zero-order chi connectivity index (χ0) is 27.1. The Morgan fingerprint density at radius 3 is 2.22 bits per heavy atom. The number of anilines is 1. The van der Waals surface area contributed by atoms with E-state index in [1.165, 1.54) is 7.05 Å². The SMILES string of the molecule is [2H]C([2H])([2H])OCC(=O)Nc1c(I)c(C(=O)NCC(O)CO)c(I)c(C(=O)N(C)CC(O)CO)c1I. The average Bonchev–Trinajstić information content (AvgIpc) is 2.77. The molecule has 0 aliphatic carbocycles. The monoisotopic (exact) mass is 794 g/mol. The summed E-state index contributed by atoms with van der Waals surface area (Å²) in [6.45, 7) is -2.48. The molecule has 0 radical (unpaired) electrons. The fraction of sp³-hybridized carbons (Fsp3) is 0.500. The van der Waals surface area contributed by atoms with Crippen molar-refractivity contribution in [1.82, 2.24) is 10.2 Å². The van der Waals surface area contributed by atoms with Gasteiger partial charge in [-0.2, -0.15) is 0 Å². The molecule has 32 heavy (non-hydrogen) atoms. The number of methoxy groups -OCH3 is 1. The summed E-state index contributed by atoms with van der Waals surface area (Å²) in [5.41, 5.74) is 0.0560. The van der Waals surface area contributed by atoms with E-state index in [0.29, 0.717) is 0 Å². The molecule has 0 fully saturated rings. The minimum absolute atomic E-state index is 0.0109. The van der Waals surface area contributed by atoms with Crippen LogP contribution in [0.3, 0.4) is 0 Å². The van der Waals surface area contributed by atoms with Crippen LogP contribution < -0.4 is 10.6 Å². The highest BCUT2D eigenvalue weighted by atomic mass is 127. The van der Waals surface area contributed by atoms with Crippen LogP contribution in [0.4, 0.5) is 5.69 Å². The largest absolute Gasteiger partial charge is 0.394 e. The second kappa shape index (κ2) is 14.1. The maximum atomic E-state index is 13.2. The standard InChI is InChI=1S/C18H24I3N3O8/c1-24(4-9(28)6-26)18(31)12-13(19)11(17(30)22-3-8(27)5-25)14(20)16(15(12)21)23-10(29)7-32-2/h8-9,25-28H,3-7H2,1-2H3,(H,22,30)(H,23,29)/i2D3. The van der Waals surface area contributed by atoms with Crippen LogP contribution in [0, 0.1) is 10.7 Å². The number of ether oxygens (including phenoxy) is 1. The number of amides is 3. The topological polar surface area (TPSA) is 169 Å². The minimum Gasteiger partial charge on any atom is -0.394 e. The quantitative estimate of drug-likeness (QED) is 0.165. The Bertz CT molecular complexity index is 952. The molecule has 0 aromatic heterocycles. The lowest BCUT2D eigenvalue weighted by Crippen LogP contribution is -2.38. The van der Waals surface area contributed by atoms with E-state index in [-0.39, 0.29) is 40.6 Å². The molecule has 3 amide bonds. The number of aliphatic hydroxyl groups is 4. The summed E-state index contributed by atoms with van der Waals surface area (Å²) in [6.07, 6.45) is -2.43. The number of likely N-dealkylation sites (N-methyl/N-ethyl adjacent to an activating group) is 1. The molecule has 2 unspecified atom stereocenters. The van der Waals surface area contributed by atoms with Gasteiger partial charge in [0.25, 0.3) is 11.8 Å². The fourth-order valence-electron chi connectivity index (χ4n) is 2.41. The summed E-state index contributed by atoms with van der Waals surface area (Å²) >= 11 is 5.38. The lowest BCUT2D eigenvalue weighted by atomic mass is 10.1. The number of hydrogen-bond acceptors (Lipinski definition) is 8. The molecule has 1 aromatic rings. The van der Waals surface area contributed by atoms with Crippen molar-refractivity contribution in [2.75, 3.05) is 52.3 Å². The second-order valence-corrected chi connectivity index (χ2v) is 9.71. The molecule has 0 aliphatic heterocycles. The first-order valence-electron chi connectivity index (χ1n) is 10.4. The van der Waals surface area contributed by atoms with Crippen molar-refractivity contribution in [3.8, 4) is 0 Å². The van der Waals surface area contributed by atoms with Gasteiger partial charge in [-0.1, -0.05) is 0 Å². The van der Waals surface area contributed by atoms with Crippen LogP contribution in [0.25, 0.3) is 0 Å². The van der Waals surface area contributed by atoms with Crippen molar-refractivity contribution >= 4 is 91.2 Å². The predicted octanol–water partition coefficient (Wildman–Crippen LogP) is -0.406. The molecule has 6 N–H and O–H groups in total. The van der Waals surface area contributed by atoms with E-state index in [1.54, 1.807) is 67.8 Å². The lowest BCUT2D eigenvalue weighted by molar-refractivity contribution is -0.119. The molecule has 2 atom stereocenters. The normalized spacial score (nSPS) is 14.6. The highest BCUT2D eigenvalue weighted by Gasteiger charge is 2.30. The van der Waals surface area contributed by atoms with Gasteiger partial charge in [-0.25, -0.2) is 0 Å². The third kappa shape index (κ3) is 7.84. The molecule has 0 saturated carbocycles. The van der Waals surface area contributed by atoms with Gasteiger partial charge >= 0.3 is 0 Å². The molecule has 0 aliphatic rings. The average molecular weight is 794 g/mol. The van der Waals surface area contributed by atoms with E-state index < -0.39 is 56.8 Å². The van der Waals surface area contributed by atoms with Crippen LogP contribution in [0.2, 0.25) is 0 Å². The maximum absolute atomic E-state index is 13.2. The van der Waals surface area contributed by atoms with E-state index in [1.807, 2.05) is 0 Å². The van der Waals surface area contributed by atoms with Gasteiger partial charge in [0, 0.05) is 30.7 Å². The van der Waals surface area contributed by atoms with Crippen molar-refractivity contribution in [1.29, 1.82) is 0 Å². The van der Waals surface area contributed by atoms with Crippen LogP contribution >= 0.6 is 67.8 Å². The highest BCUT2D eigenvalue weighted by molar-refractivity contribution is 14.1. The second-order valence-electron chi connectivity index (χ2n) is 6.47. The Kier molecular flexibility index (Phi) is 10.9. The van der Waals surface area contributed by atoms with Gasteiger partial charge in [-0.05, 0) is 67.8 Å². The summed E-state index contributed by atoms with van der Waals surface area (Å²) in [7, 11) is -1.43. The van der Waals surface area contributed by atoms with E-state index in [9.17, 15) is 24.6 Å². The first-order chi connectivity index (χ1) is 16.1. The van der Waals surface area contributed by atoms with Crippen LogP contribution in [0.15, 0.2) is 0 Å². The number of benzene rings is 1. The minimum atomic E-state index is -2.81. The summed E-state index contributed by atoms with van der Waals surface area (Å²) < 4.78 is 26.4. The van der Waals surface area contributed by atoms with E-state index in [2.05, 4.69) is 15.4 Å².